The molecule has 4 nitrogen and oxygen atoms in total. The number of carbonyl (C=O) groups is 1. The summed E-state index contributed by atoms with van der Waals surface area (Å²) in [5.41, 5.74) is 5.90. The van der Waals surface area contributed by atoms with Crippen molar-refractivity contribution < 1.29 is 9.53 Å². The van der Waals surface area contributed by atoms with Gasteiger partial charge in [-0.05, 0) is 18.6 Å². The number of hydrogen-bond acceptors (Lipinski definition) is 3. The second kappa shape index (κ2) is 9.03. The third kappa shape index (κ3) is 5.12. The Kier molecular flexibility index (Phi) is 8.54. The lowest BCUT2D eigenvalue weighted by atomic mass is 10.2. The van der Waals surface area contributed by atoms with Crippen LogP contribution in [0.2, 0.25) is 5.02 Å². The summed E-state index contributed by atoms with van der Waals surface area (Å²) in [5.74, 6) is 0.373. The Morgan fingerprint density at radius 1 is 1.50 bits per heavy atom. The molecule has 0 aliphatic carbocycles. The van der Waals surface area contributed by atoms with Crippen molar-refractivity contribution in [1.29, 1.82) is 0 Å². The smallest absolute Gasteiger partial charge is 0.225 e. The Morgan fingerprint density at radius 3 is 2.83 bits per heavy atom. The molecular weight excluding hydrogens is 275 g/mol. The van der Waals surface area contributed by atoms with Crippen LogP contribution < -0.4 is 15.8 Å². The van der Waals surface area contributed by atoms with Crippen LogP contribution in [0.25, 0.3) is 0 Å². The van der Waals surface area contributed by atoms with E-state index < -0.39 is 0 Å². The lowest BCUT2D eigenvalue weighted by Gasteiger charge is -2.13. The summed E-state index contributed by atoms with van der Waals surface area (Å²) in [5, 5.41) is 3.22. The van der Waals surface area contributed by atoms with Gasteiger partial charge in [0.25, 0.3) is 0 Å². The Labute approximate surface area is 118 Å². The van der Waals surface area contributed by atoms with Gasteiger partial charge in [0.1, 0.15) is 0 Å². The van der Waals surface area contributed by atoms with Gasteiger partial charge in [-0.3, -0.25) is 4.79 Å². The molecule has 0 radical (unpaired) electrons. The normalized spacial score (nSPS) is 9.50. The molecule has 0 atom stereocenters. The summed E-state index contributed by atoms with van der Waals surface area (Å²) in [7, 11) is 0. The number of amides is 1. The van der Waals surface area contributed by atoms with Crippen LogP contribution >= 0.6 is 24.0 Å². The van der Waals surface area contributed by atoms with E-state index in [0.29, 0.717) is 29.6 Å². The summed E-state index contributed by atoms with van der Waals surface area (Å²) in [4.78, 5) is 11.5. The molecule has 0 aliphatic rings. The molecule has 0 aromatic heterocycles. The molecule has 0 aliphatic heterocycles. The lowest BCUT2D eigenvalue weighted by molar-refractivity contribution is -0.116. The molecule has 0 unspecified atom stereocenters. The maximum absolute atomic E-state index is 11.5. The van der Waals surface area contributed by atoms with E-state index in [-0.39, 0.29) is 24.7 Å². The standard InChI is InChI=1S/C12H17ClN2O2.ClH/c1-2-8-17-12-9(13)4-3-5-10(12)15-11(16)6-7-14;/h3-5H,2,6-8,14H2,1H3,(H,15,16);1H. The fourth-order valence-corrected chi connectivity index (χ4v) is 1.53. The first-order valence-electron chi connectivity index (χ1n) is 5.60. The first-order chi connectivity index (χ1) is 8.19. The Balaban J connectivity index is 0.00000289. The average Bonchev–Trinajstić information content (AvgIpc) is 2.28. The highest BCUT2D eigenvalue weighted by atomic mass is 35.5. The summed E-state index contributed by atoms with van der Waals surface area (Å²) in [6.45, 7) is 2.88. The minimum atomic E-state index is -0.142. The van der Waals surface area contributed by atoms with Gasteiger partial charge in [0.2, 0.25) is 5.91 Å². The fourth-order valence-electron chi connectivity index (χ4n) is 1.30. The van der Waals surface area contributed by atoms with E-state index >= 15 is 0 Å². The minimum Gasteiger partial charge on any atom is -0.490 e. The van der Waals surface area contributed by atoms with Gasteiger partial charge in [0.05, 0.1) is 17.3 Å². The van der Waals surface area contributed by atoms with Gasteiger partial charge in [0, 0.05) is 13.0 Å². The molecule has 0 bridgehead atoms. The van der Waals surface area contributed by atoms with Crippen molar-refractivity contribution in [1.82, 2.24) is 0 Å². The van der Waals surface area contributed by atoms with Gasteiger partial charge in [0.15, 0.2) is 5.75 Å². The van der Waals surface area contributed by atoms with Crippen molar-refractivity contribution in [2.24, 2.45) is 5.73 Å². The van der Waals surface area contributed by atoms with Crippen molar-refractivity contribution in [3.8, 4) is 5.75 Å². The molecule has 3 N–H and O–H groups in total. The van der Waals surface area contributed by atoms with Gasteiger partial charge in [-0.2, -0.15) is 0 Å². The van der Waals surface area contributed by atoms with Crippen LogP contribution in [-0.2, 0) is 4.79 Å². The zero-order valence-electron chi connectivity index (χ0n) is 10.2. The first-order valence-corrected chi connectivity index (χ1v) is 5.98. The third-order valence-corrected chi connectivity index (χ3v) is 2.36. The average molecular weight is 293 g/mol. The molecule has 1 rings (SSSR count). The van der Waals surface area contributed by atoms with Crippen LogP contribution in [0.3, 0.4) is 0 Å². The summed E-state index contributed by atoms with van der Waals surface area (Å²) in [6, 6.07) is 5.25. The molecule has 0 saturated carbocycles. The van der Waals surface area contributed by atoms with Crippen LogP contribution in [0.4, 0.5) is 5.69 Å². The van der Waals surface area contributed by atoms with Gasteiger partial charge in [-0.15, -0.1) is 12.4 Å². The SMILES string of the molecule is CCCOc1c(Cl)cccc1NC(=O)CCN.Cl. The lowest BCUT2D eigenvalue weighted by Crippen LogP contribution is -2.16. The van der Waals surface area contributed by atoms with Crippen molar-refractivity contribution in [3.63, 3.8) is 0 Å². The van der Waals surface area contributed by atoms with Crippen LogP contribution in [0, 0.1) is 0 Å². The predicted octanol–water partition coefficient (Wildman–Crippen LogP) is 2.84. The third-order valence-electron chi connectivity index (χ3n) is 2.06. The van der Waals surface area contributed by atoms with Crippen molar-refractivity contribution in [2.75, 3.05) is 18.5 Å². The Hall–Kier alpha value is -0.970. The molecular formula is C12H18Cl2N2O2. The molecule has 0 saturated heterocycles. The highest BCUT2D eigenvalue weighted by Crippen LogP contribution is 2.33. The van der Waals surface area contributed by atoms with Gasteiger partial charge >= 0.3 is 0 Å². The summed E-state index contributed by atoms with van der Waals surface area (Å²) < 4.78 is 5.52. The number of nitrogens with one attached hydrogen (secondary N) is 1. The second-order valence-corrected chi connectivity index (χ2v) is 3.96. The van der Waals surface area contributed by atoms with Crippen LogP contribution in [0.15, 0.2) is 18.2 Å². The zero-order chi connectivity index (χ0) is 12.7. The van der Waals surface area contributed by atoms with E-state index in [1.54, 1.807) is 18.2 Å². The Bertz CT molecular complexity index is 386. The quantitative estimate of drug-likeness (QED) is 0.847. The number of anilines is 1. The number of ether oxygens (including phenoxy) is 1. The topological polar surface area (TPSA) is 64.3 Å². The van der Waals surface area contributed by atoms with Crippen molar-refractivity contribution in [3.05, 3.63) is 23.2 Å². The van der Waals surface area contributed by atoms with Crippen molar-refractivity contribution >= 4 is 35.6 Å². The summed E-state index contributed by atoms with van der Waals surface area (Å²) >= 11 is 6.02. The molecule has 1 amide bonds. The monoisotopic (exact) mass is 292 g/mol. The number of hydrogen-bond donors (Lipinski definition) is 2. The molecule has 0 fully saturated rings. The molecule has 102 valence electrons. The number of carbonyl (C=O) groups excluding carboxylic acids is 1. The molecule has 18 heavy (non-hydrogen) atoms. The zero-order valence-corrected chi connectivity index (χ0v) is 11.8. The fraction of sp³-hybridized carbons (Fsp3) is 0.417. The van der Waals surface area contributed by atoms with Crippen LogP contribution in [0.5, 0.6) is 5.75 Å². The largest absolute Gasteiger partial charge is 0.490 e. The number of rotatable bonds is 6. The highest BCUT2D eigenvalue weighted by molar-refractivity contribution is 6.32. The van der Waals surface area contributed by atoms with E-state index in [1.165, 1.54) is 0 Å². The second-order valence-electron chi connectivity index (χ2n) is 3.55. The number of halogens is 2. The molecule has 1 aromatic carbocycles. The van der Waals surface area contributed by atoms with Crippen LogP contribution in [-0.4, -0.2) is 19.1 Å². The van der Waals surface area contributed by atoms with Gasteiger partial charge < -0.3 is 15.8 Å². The van der Waals surface area contributed by atoms with Crippen LogP contribution in [0.1, 0.15) is 19.8 Å². The van der Waals surface area contributed by atoms with E-state index in [9.17, 15) is 4.79 Å². The maximum Gasteiger partial charge on any atom is 0.225 e. The number of para-hydroxylation sites is 1. The van der Waals surface area contributed by atoms with Gasteiger partial charge in [-0.25, -0.2) is 0 Å². The molecule has 1 aromatic rings. The first kappa shape index (κ1) is 17.0. The predicted molar refractivity (Wildman–Crippen MR) is 76.8 cm³/mol. The van der Waals surface area contributed by atoms with Gasteiger partial charge in [-0.1, -0.05) is 24.6 Å². The van der Waals surface area contributed by atoms with E-state index in [2.05, 4.69) is 5.32 Å². The molecule has 0 spiro atoms. The highest BCUT2D eigenvalue weighted by Gasteiger charge is 2.10. The maximum atomic E-state index is 11.5. The summed E-state index contributed by atoms with van der Waals surface area (Å²) in [6.07, 6.45) is 1.15. The van der Waals surface area contributed by atoms with E-state index in [1.807, 2.05) is 6.92 Å². The molecule has 0 heterocycles. The number of benzene rings is 1. The Morgan fingerprint density at radius 2 is 2.22 bits per heavy atom. The van der Waals surface area contributed by atoms with Crippen molar-refractivity contribution in [2.45, 2.75) is 19.8 Å². The number of nitrogens with two attached hydrogens (primary N) is 1. The molecule has 6 heteroatoms. The van der Waals surface area contributed by atoms with E-state index in [4.69, 9.17) is 22.1 Å². The minimum absolute atomic E-state index is 0. The van der Waals surface area contributed by atoms with E-state index in [0.717, 1.165) is 6.42 Å².